The summed E-state index contributed by atoms with van der Waals surface area (Å²) in [5, 5.41) is 3.02. The van der Waals surface area contributed by atoms with Crippen LogP contribution in [0.25, 0.3) is 0 Å². The van der Waals surface area contributed by atoms with Gasteiger partial charge < -0.3 is 10.2 Å². The van der Waals surface area contributed by atoms with Crippen molar-refractivity contribution in [2.45, 2.75) is 47.1 Å². The summed E-state index contributed by atoms with van der Waals surface area (Å²) in [7, 11) is 0. The summed E-state index contributed by atoms with van der Waals surface area (Å²) in [6.45, 7) is 9.84. The molecule has 138 valence electrons. The zero-order chi connectivity index (χ0) is 18.9. The molecule has 1 heterocycles. The van der Waals surface area contributed by atoms with E-state index in [0.29, 0.717) is 6.42 Å². The van der Waals surface area contributed by atoms with Gasteiger partial charge in [-0.15, -0.1) is 0 Å². The average Bonchev–Trinajstić information content (AvgIpc) is 2.54. The predicted molar refractivity (Wildman–Crippen MR) is 105 cm³/mol. The third-order valence-corrected chi connectivity index (χ3v) is 4.72. The fourth-order valence-electron chi connectivity index (χ4n) is 3.40. The van der Waals surface area contributed by atoms with Crippen molar-refractivity contribution in [3.8, 4) is 0 Å². The molecule has 0 radical (unpaired) electrons. The van der Waals surface area contributed by atoms with E-state index in [0.717, 1.165) is 42.0 Å². The number of amides is 1. The van der Waals surface area contributed by atoms with Crippen molar-refractivity contribution in [1.29, 1.82) is 0 Å². The summed E-state index contributed by atoms with van der Waals surface area (Å²) in [5.74, 6) is -0.120. The Balaban J connectivity index is 1.72. The minimum atomic E-state index is -0.164. The first-order valence-electron chi connectivity index (χ1n) is 9.14. The van der Waals surface area contributed by atoms with Crippen molar-refractivity contribution in [3.63, 3.8) is 0 Å². The van der Waals surface area contributed by atoms with Crippen molar-refractivity contribution in [1.82, 2.24) is 0 Å². The molecule has 1 aliphatic heterocycles. The highest BCUT2D eigenvalue weighted by atomic mass is 19.1. The van der Waals surface area contributed by atoms with Crippen LogP contribution in [0.1, 0.15) is 43.9 Å². The van der Waals surface area contributed by atoms with E-state index < -0.39 is 0 Å². The minimum Gasteiger partial charge on any atom is -0.367 e. The zero-order valence-corrected chi connectivity index (χ0v) is 16.0. The Bertz CT molecular complexity index is 823. The highest BCUT2D eigenvalue weighted by Gasteiger charge is 2.19. The van der Waals surface area contributed by atoms with Crippen LogP contribution >= 0.6 is 0 Å². The van der Waals surface area contributed by atoms with Crippen LogP contribution in [0.5, 0.6) is 0 Å². The van der Waals surface area contributed by atoms with E-state index in [1.54, 1.807) is 6.07 Å². The lowest BCUT2D eigenvalue weighted by atomic mass is 9.92. The Morgan fingerprint density at radius 1 is 1.15 bits per heavy atom. The number of nitrogens with one attached hydrogen (secondary N) is 1. The first kappa shape index (κ1) is 18.4. The second-order valence-corrected chi connectivity index (χ2v) is 8.37. The lowest BCUT2D eigenvalue weighted by molar-refractivity contribution is -0.117. The lowest BCUT2D eigenvalue weighted by Gasteiger charge is -2.31. The Kier molecular flexibility index (Phi) is 5.03. The van der Waals surface area contributed by atoms with Gasteiger partial charge in [0.05, 0.1) is 0 Å². The number of nitrogens with zero attached hydrogens (tertiary/aromatic N) is 1. The number of hydrogen-bond acceptors (Lipinski definition) is 2. The van der Waals surface area contributed by atoms with Crippen LogP contribution in [0.15, 0.2) is 36.4 Å². The van der Waals surface area contributed by atoms with E-state index in [9.17, 15) is 9.18 Å². The Hall–Kier alpha value is -2.36. The van der Waals surface area contributed by atoms with Gasteiger partial charge in [0.1, 0.15) is 5.82 Å². The number of rotatable bonds is 3. The molecule has 0 bridgehead atoms. The maximum atomic E-state index is 13.4. The predicted octanol–water partition coefficient (Wildman–Crippen LogP) is 5.07. The second-order valence-electron chi connectivity index (χ2n) is 8.37. The van der Waals surface area contributed by atoms with Crippen LogP contribution < -0.4 is 10.2 Å². The van der Waals surface area contributed by atoms with Crippen LogP contribution in [-0.4, -0.2) is 12.5 Å². The number of halogens is 1. The van der Waals surface area contributed by atoms with Gasteiger partial charge >= 0.3 is 0 Å². The minimum absolute atomic E-state index is 0.0292. The maximum Gasteiger partial charge on any atom is 0.224 e. The van der Waals surface area contributed by atoms with E-state index in [1.807, 2.05) is 25.1 Å². The number of carbonyl (C=O) groups excluding carboxylic acids is 1. The fourth-order valence-corrected chi connectivity index (χ4v) is 3.40. The molecule has 1 aliphatic rings. The summed E-state index contributed by atoms with van der Waals surface area (Å²) < 4.78 is 13.4. The normalized spacial score (nSPS) is 14.1. The molecular formula is C22H27FN2O. The summed E-state index contributed by atoms with van der Waals surface area (Å²) in [6.07, 6.45) is 1.34. The van der Waals surface area contributed by atoms with Crippen LogP contribution in [-0.2, 0) is 17.8 Å². The molecule has 0 atom stereocenters. The first-order chi connectivity index (χ1) is 12.2. The van der Waals surface area contributed by atoms with Crippen molar-refractivity contribution in [2.75, 3.05) is 16.8 Å². The number of fused-ring (bicyclic) bond motifs is 1. The summed E-state index contributed by atoms with van der Waals surface area (Å²) in [5.41, 5.74) is 5.30. The number of aryl methyl sites for hydroxylation is 1. The Labute approximate surface area is 155 Å². The molecule has 3 nitrogen and oxygen atoms in total. The number of hydrogen-bond donors (Lipinski definition) is 1. The van der Waals surface area contributed by atoms with E-state index >= 15 is 0 Å². The molecule has 1 amide bonds. The molecule has 26 heavy (non-hydrogen) atoms. The average molecular weight is 354 g/mol. The van der Waals surface area contributed by atoms with Gasteiger partial charge in [-0.05, 0) is 65.8 Å². The quantitative estimate of drug-likeness (QED) is 0.834. The lowest BCUT2D eigenvalue weighted by Crippen LogP contribution is -2.30. The van der Waals surface area contributed by atoms with Gasteiger partial charge in [-0.2, -0.15) is 0 Å². The van der Waals surface area contributed by atoms with Gasteiger partial charge in [0.25, 0.3) is 0 Å². The summed E-state index contributed by atoms with van der Waals surface area (Å²) in [4.78, 5) is 14.5. The molecule has 0 aromatic heterocycles. The van der Waals surface area contributed by atoms with Crippen LogP contribution in [0.3, 0.4) is 0 Å². The maximum absolute atomic E-state index is 13.4. The summed E-state index contributed by atoms with van der Waals surface area (Å²) >= 11 is 0. The molecule has 0 aliphatic carbocycles. The third-order valence-electron chi connectivity index (χ3n) is 4.72. The van der Waals surface area contributed by atoms with E-state index in [1.165, 1.54) is 11.6 Å². The molecule has 0 saturated heterocycles. The van der Waals surface area contributed by atoms with Gasteiger partial charge in [-0.3, -0.25) is 4.79 Å². The fraction of sp³-hybridized carbons (Fsp3) is 0.409. The van der Waals surface area contributed by atoms with Crippen molar-refractivity contribution >= 4 is 17.3 Å². The van der Waals surface area contributed by atoms with Crippen LogP contribution in [0, 0.1) is 18.2 Å². The van der Waals surface area contributed by atoms with Crippen LogP contribution in [0.4, 0.5) is 15.8 Å². The van der Waals surface area contributed by atoms with Gasteiger partial charge in [0.15, 0.2) is 0 Å². The standard InChI is InChI=1S/C22H27FN2O/c1-15-11-19(7-8-20(15)24-21(26)13-22(2,3)4)25-10-9-16-12-18(23)6-5-17(16)14-25/h5-8,11-12H,9-10,13-14H2,1-4H3,(H,24,26). The Morgan fingerprint density at radius 3 is 2.62 bits per heavy atom. The van der Waals surface area contributed by atoms with Crippen LogP contribution in [0.2, 0.25) is 0 Å². The smallest absolute Gasteiger partial charge is 0.224 e. The van der Waals surface area contributed by atoms with Gasteiger partial charge in [-0.1, -0.05) is 26.8 Å². The van der Waals surface area contributed by atoms with Crippen molar-refractivity contribution in [2.24, 2.45) is 5.41 Å². The number of anilines is 2. The van der Waals surface area contributed by atoms with E-state index in [2.05, 4.69) is 37.1 Å². The van der Waals surface area contributed by atoms with Crippen molar-refractivity contribution < 1.29 is 9.18 Å². The first-order valence-corrected chi connectivity index (χ1v) is 9.14. The Morgan fingerprint density at radius 2 is 1.92 bits per heavy atom. The number of benzene rings is 2. The SMILES string of the molecule is Cc1cc(N2CCc3cc(F)ccc3C2)ccc1NC(=O)CC(C)(C)C. The highest BCUT2D eigenvalue weighted by molar-refractivity contribution is 5.92. The summed E-state index contributed by atoms with van der Waals surface area (Å²) in [6, 6.07) is 11.2. The molecule has 0 saturated carbocycles. The molecule has 0 unspecified atom stereocenters. The molecule has 0 spiro atoms. The van der Waals surface area contributed by atoms with Gasteiger partial charge in [-0.25, -0.2) is 4.39 Å². The largest absolute Gasteiger partial charge is 0.367 e. The topological polar surface area (TPSA) is 32.3 Å². The molecule has 3 rings (SSSR count). The molecule has 2 aromatic carbocycles. The molecule has 4 heteroatoms. The van der Waals surface area contributed by atoms with E-state index in [-0.39, 0.29) is 17.1 Å². The number of carbonyl (C=O) groups is 1. The third kappa shape index (κ3) is 4.43. The highest BCUT2D eigenvalue weighted by Crippen LogP contribution is 2.28. The van der Waals surface area contributed by atoms with E-state index in [4.69, 9.17) is 0 Å². The molecule has 1 N–H and O–H groups in total. The monoisotopic (exact) mass is 354 g/mol. The zero-order valence-electron chi connectivity index (χ0n) is 16.0. The second kappa shape index (κ2) is 7.10. The van der Waals surface area contributed by atoms with Crippen molar-refractivity contribution in [3.05, 3.63) is 58.9 Å². The molecular weight excluding hydrogens is 327 g/mol. The van der Waals surface area contributed by atoms with Gasteiger partial charge in [0, 0.05) is 30.9 Å². The molecule has 2 aromatic rings. The molecule has 0 fully saturated rings. The van der Waals surface area contributed by atoms with Gasteiger partial charge in [0.2, 0.25) is 5.91 Å².